The topological polar surface area (TPSA) is 30.0 Å². The van der Waals surface area contributed by atoms with Crippen LogP contribution in [-0.4, -0.2) is 11.3 Å². The summed E-state index contributed by atoms with van der Waals surface area (Å²) in [5, 5.41) is 2.74. The van der Waals surface area contributed by atoms with E-state index in [1.54, 1.807) is 5.38 Å². The van der Waals surface area contributed by atoms with E-state index in [-0.39, 0.29) is 0 Å². The van der Waals surface area contributed by atoms with Gasteiger partial charge in [-0.25, -0.2) is 4.98 Å². The first-order valence-corrected chi connectivity index (χ1v) is 6.10. The van der Waals surface area contributed by atoms with Crippen LogP contribution in [0.2, 0.25) is 0 Å². The van der Waals surface area contributed by atoms with Crippen LogP contribution in [0.3, 0.4) is 0 Å². The number of nitrogens with zero attached hydrogens (tertiary/aromatic N) is 1. The van der Waals surface area contributed by atoms with Crippen LogP contribution in [0.25, 0.3) is 0 Å². The maximum Gasteiger partial charge on any atom is 0.169 e. The number of hydrogen-bond donors (Lipinski definition) is 0. The SMILES string of the molecule is O=Cc1csc(Cc2ccccc2Br)n1. The Morgan fingerprint density at radius 1 is 1.40 bits per heavy atom. The highest BCUT2D eigenvalue weighted by Gasteiger charge is 2.04. The zero-order valence-electron chi connectivity index (χ0n) is 7.81. The van der Waals surface area contributed by atoms with E-state index < -0.39 is 0 Å². The lowest BCUT2D eigenvalue weighted by Crippen LogP contribution is -1.89. The Morgan fingerprint density at radius 3 is 2.87 bits per heavy atom. The van der Waals surface area contributed by atoms with Gasteiger partial charge in [0, 0.05) is 16.3 Å². The molecule has 0 N–H and O–H groups in total. The summed E-state index contributed by atoms with van der Waals surface area (Å²) in [6.45, 7) is 0. The fraction of sp³-hybridized carbons (Fsp3) is 0.0909. The maximum absolute atomic E-state index is 10.5. The van der Waals surface area contributed by atoms with E-state index in [0.29, 0.717) is 5.69 Å². The summed E-state index contributed by atoms with van der Waals surface area (Å²) in [5.74, 6) is 0. The summed E-state index contributed by atoms with van der Waals surface area (Å²) >= 11 is 5.00. The number of aldehydes is 1. The second-order valence-electron chi connectivity index (χ2n) is 3.05. The number of rotatable bonds is 3. The second kappa shape index (κ2) is 4.68. The molecule has 2 aromatic rings. The summed E-state index contributed by atoms with van der Waals surface area (Å²) in [5.41, 5.74) is 1.70. The number of carbonyl (C=O) groups excluding carboxylic acids is 1. The Kier molecular flexibility index (Phi) is 3.28. The molecule has 0 aliphatic carbocycles. The molecule has 15 heavy (non-hydrogen) atoms. The minimum absolute atomic E-state index is 0.516. The minimum atomic E-state index is 0.516. The fourth-order valence-corrected chi connectivity index (χ4v) is 2.45. The van der Waals surface area contributed by atoms with Crippen LogP contribution in [0, 0.1) is 0 Å². The first-order valence-electron chi connectivity index (χ1n) is 4.42. The number of carbonyl (C=O) groups is 1. The van der Waals surface area contributed by atoms with Gasteiger partial charge in [0.25, 0.3) is 0 Å². The van der Waals surface area contributed by atoms with E-state index in [0.717, 1.165) is 22.2 Å². The van der Waals surface area contributed by atoms with E-state index in [2.05, 4.69) is 20.9 Å². The summed E-state index contributed by atoms with van der Waals surface area (Å²) in [4.78, 5) is 14.7. The molecule has 76 valence electrons. The standard InChI is InChI=1S/C11H8BrNOS/c12-10-4-2-1-3-8(10)5-11-13-9(6-14)7-15-11/h1-4,6-7H,5H2. The quantitative estimate of drug-likeness (QED) is 0.808. The van der Waals surface area contributed by atoms with Crippen molar-refractivity contribution >= 4 is 33.6 Å². The highest BCUT2D eigenvalue weighted by molar-refractivity contribution is 9.10. The molecule has 0 atom stereocenters. The van der Waals surface area contributed by atoms with E-state index in [1.165, 1.54) is 16.9 Å². The molecule has 0 bridgehead atoms. The second-order valence-corrected chi connectivity index (χ2v) is 4.85. The lowest BCUT2D eigenvalue weighted by molar-refractivity contribution is 0.111. The third-order valence-electron chi connectivity index (χ3n) is 1.99. The molecule has 0 amide bonds. The van der Waals surface area contributed by atoms with Crippen LogP contribution in [0.1, 0.15) is 21.1 Å². The van der Waals surface area contributed by atoms with Crippen molar-refractivity contribution in [3.8, 4) is 0 Å². The van der Waals surface area contributed by atoms with Crippen molar-refractivity contribution in [1.29, 1.82) is 0 Å². The molecular formula is C11H8BrNOS. The molecule has 0 saturated carbocycles. The molecular weight excluding hydrogens is 274 g/mol. The third kappa shape index (κ3) is 2.52. The number of halogens is 1. The minimum Gasteiger partial charge on any atom is -0.296 e. The fourth-order valence-electron chi connectivity index (χ4n) is 1.27. The highest BCUT2D eigenvalue weighted by Crippen LogP contribution is 2.21. The first-order chi connectivity index (χ1) is 7.29. The summed E-state index contributed by atoms with van der Waals surface area (Å²) in [6.07, 6.45) is 1.54. The van der Waals surface area contributed by atoms with Crippen LogP contribution >= 0.6 is 27.3 Å². The molecule has 0 aliphatic heterocycles. The average Bonchev–Trinajstić information content (AvgIpc) is 2.69. The molecule has 1 aromatic heterocycles. The van der Waals surface area contributed by atoms with Gasteiger partial charge in [-0.3, -0.25) is 4.79 Å². The lowest BCUT2D eigenvalue weighted by Gasteiger charge is -2.00. The van der Waals surface area contributed by atoms with Gasteiger partial charge >= 0.3 is 0 Å². The van der Waals surface area contributed by atoms with Crippen molar-refractivity contribution < 1.29 is 4.79 Å². The summed E-state index contributed by atoms with van der Waals surface area (Å²) in [6, 6.07) is 8.02. The van der Waals surface area contributed by atoms with Gasteiger partial charge in [0.15, 0.2) is 6.29 Å². The smallest absolute Gasteiger partial charge is 0.169 e. The van der Waals surface area contributed by atoms with E-state index in [1.807, 2.05) is 24.3 Å². The molecule has 1 heterocycles. The molecule has 2 nitrogen and oxygen atoms in total. The predicted octanol–water partition coefficient (Wildman–Crippen LogP) is 3.31. The molecule has 1 aromatic carbocycles. The van der Waals surface area contributed by atoms with Crippen molar-refractivity contribution in [3.05, 3.63) is 50.4 Å². The summed E-state index contributed by atoms with van der Waals surface area (Å²) in [7, 11) is 0. The van der Waals surface area contributed by atoms with Crippen molar-refractivity contribution in [2.24, 2.45) is 0 Å². The van der Waals surface area contributed by atoms with E-state index >= 15 is 0 Å². The van der Waals surface area contributed by atoms with Crippen molar-refractivity contribution in [2.45, 2.75) is 6.42 Å². The maximum atomic E-state index is 10.5. The first kappa shape index (κ1) is 10.5. The molecule has 2 rings (SSSR count). The molecule has 4 heteroatoms. The van der Waals surface area contributed by atoms with Gasteiger partial charge < -0.3 is 0 Å². The molecule has 0 saturated heterocycles. The molecule has 0 spiro atoms. The normalized spacial score (nSPS) is 10.2. The predicted molar refractivity (Wildman–Crippen MR) is 64.4 cm³/mol. The van der Waals surface area contributed by atoms with Crippen molar-refractivity contribution in [1.82, 2.24) is 4.98 Å². The third-order valence-corrected chi connectivity index (χ3v) is 3.63. The molecule has 0 fully saturated rings. The van der Waals surface area contributed by atoms with Gasteiger partial charge in [-0.2, -0.15) is 0 Å². The number of hydrogen-bond acceptors (Lipinski definition) is 3. The Morgan fingerprint density at radius 2 is 2.20 bits per heavy atom. The van der Waals surface area contributed by atoms with Gasteiger partial charge in [0.2, 0.25) is 0 Å². The van der Waals surface area contributed by atoms with Gasteiger partial charge in [0.1, 0.15) is 5.69 Å². The Labute approximate surface area is 100 Å². The van der Waals surface area contributed by atoms with Gasteiger partial charge in [-0.1, -0.05) is 34.1 Å². The van der Waals surface area contributed by atoms with Crippen LogP contribution in [0.5, 0.6) is 0 Å². The van der Waals surface area contributed by atoms with Crippen molar-refractivity contribution in [3.63, 3.8) is 0 Å². The molecule has 0 unspecified atom stereocenters. The largest absolute Gasteiger partial charge is 0.296 e. The zero-order valence-corrected chi connectivity index (χ0v) is 10.2. The van der Waals surface area contributed by atoms with Gasteiger partial charge in [-0.15, -0.1) is 11.3 Å². The highest BCUT2D eigenvalue weighted by atomic mass is 79.9. The number of thiazole rings is 1. The number of aromatic nitrogens is 1. The molecule has 0 radical (unpaired) electrons. The molecule has 0 aliphatic rings. The zero-order chi connectivity index (χ0) is 10.7. The van der Waals surface area contributed by atoms with Crippen LogP contribution in [0.15, 0.2) is 34.1 Å². The number of benzene rings is 1. The van der Waals surface area contributed by atoms with Gasteiger partial charge in [0.05, 0.1) is 5.01 Å². The van der Waals surface area contributed by atoms with E-state index in [4.69, 9.17) is 0 Å². The van der Waals surface area contributed by atoms with Gasteiger partial charge in [-0.05, 0) is 11.6 Å². The van der Waals surface area contributed by atoms with E-state index in [9.17, 15) is 4.79 Å². The average molecular weight is 282 g/mol. The van der Waals surface area contributed by atoms with Crippen molar-refractivity contribution in [2.75, 3.05) is 0 Å². The van der Waals surface area contributed by atoms with Crippen LogP contribution in [0.4, 0.5) is 0 Å². The summed E-state index contributed by atoms with van der Waals surface area (Å²) < 4.78 is 1.08. The Hall–Kier alpha value is -1.000. The lowest BCUT2D eigenvalue weighted by atomic mass is 10.2. The van der Waals surface area contributed by atoms with Crippen LogP contribution in [-0.2, 0) is 6.42 Å². The monoisotopic (exact) mass is 281 g/mol. The Balaban J connectivity index is 2.22. The Bertz CT molecular complexity index is 481. The van der Waals surface area contributed by atoms with Crippen LogP contribution < -0.4 is 0 Å².